The van der Waals surface area contributed by atoms with Gasteiger partial charge in [0, 0.05) is 36.7 Å². The molecule has 0 spiro atoms. The summed E-state index contributed by atoms with van der Waals surface area (Å²) in [5, 5.41) is 3.06. The van der Waals surface area contributed by atoms with Crippen LogP contribution in [0.2, 0.25) is 0 Å². The second kappa shape index (κ2) is 9.40. The van der Waals surface area contributed by atoms with E-state index in [0.29, 0.717) is 18.5 Å². The van der Waals surface area contributed by atoms with Gasteiger partial charge >= 0.3 is 0 Å². The summed E-state index contributed by atoms with van der Waals surface area (Å²) in [4.78, 5) is 26.5. The monoisotopic (exact) mass is 398 g/mol. The third-order valence-corrected chi connectivity index (χ3v) is 5.62. The summed E-state index contributed by atoms with van der Waals surface area (Å²) in [5.74, 6) is 0.241. The Hall–Kier alpha value is -3.40. The molecule has 0 atom stereocenters. The molecular weight excluding hydrogens is 372 g/mol. The molecule has 1 heterocycles. The first-order valence-electron chi connectivity index (χ1n) is 10.5. The predicted molar refractivity (Wildman–Crippen MR) is 120 cm³/mol. The van der Waals surface area contributed by atoms with Gasteiger partial charge in [-0.2, -0.15) is 0 Å². The van der Waals surface area contributed by atoms with E-state index in [1.165, 1.54) is 11.1 Å². The van der Waals surface area contributed by atoms with Gasteiger partial charge in [0.2, 0.25) is 5.91 Å². The number of amides is 2. The Balaban J connectivity index is 1.42. The highest BCUT2D eigenvalue weighted by Crippen LogP contribution is 2.27. The maximum Gasteiger partial charge on any atom is 0.251 e. The first kappa shape index (κ1) is 19.9. The SMILES string of the molecule is O=C(NCCC(c1ccccc1)c1ccccc1)c1cccc(N2CCCC2=O)c1. The van der Waals surface area contributed by atoms with E-state index in [-0.39, 0.29) is 17.7 Å². The van der Waals surface area contributed by atoms with E-state index >= 15 is 0 Å². The largest absolute Gasteiger partial charge is 0.352 e. The smallest absolute Gasteiger partial charge is 0.251 e. The van der Waals surface area contributed by atoms with Crippen molar-refractivity contribution < 1.29 is 9.59 Å². The van der Waals surface area contributed by atoms with Crippen LogP contribution < -0.4 is 10.2 Å². The molecule has 152 valence electrons. The van der Waals surface area contributed by atoms with Crippen molar-refractivity contribution in [1.29, 1.82) is 0 Å². The fraction of sp³-hybridized carbons (Fsp3) is 0.231. The van der Waals surface area contributed by atoms with E-state index in [2.05, 4.69) is 53.8 Å². The van der Waals surface area contributed by atoms with Crippen molar-refractivity contribution in [2.75, 3.05) is 18.0 Å². The highest BCUT2D eigenvalue weighted by Gasteiger charge is 2.22. The molecule has 0 aromatic heterocycles. The molecule has 4 heteroatoms. The molecule has 0 unspecified atom stereocenters. The molecule has 30 heavy (non-hydrogen) atoms. The number of anilines is 1. The number of benzene rings is 3. The Morgan fingerprint density at radius 3 is 2.17 bits per heavy atom. The lowest BCUT2D eigenvalue weighted by Crippen LogP contribution is -2.27. The number of nitrogens with one attached hydrogen (secondary N) is 1. The van der Waals surface area contributed by atoms with Crippen molar-refractivity contribution in [3.8, 4) is 0 Å². The quantitative estimate of drug-likeness (QED) is 0.623. The van der Waals surface area contributed by atoms with E-state index in [9.17, 15) is 9.59 Å². The molecule has 1 N–H and O–H groups in total. The van der Waals surface area contributed by atoms with Gasteiger partial charge in [-0.3, -0.25) is 9.59 Å². The zero-order valence-electron chi connectivity index (χ0n) is 17.0. The summed E-state index contributed by atoms with van der Waals surface area (Å²) in [6.45, 7) is 1.29. The lowest BCUT2D eigenvalue weighted by atomic mass is 9.88. The van der Waals surface area contributed by atoms with Gasteiger partial charge in [0.1, 0.15) is 0 Å². The van der Waals surface area contributed by atoms with Crippen LogP contribution in [0, 0.1) is 0 Å². The van der Waals surface area contributed by atoms with Gasteiger partial charge < -0.3 is 10.2 Å². The maximum atomic E-state index is 12.7. The molecule has 3 aromatic rings. The topological polar surface area (TPSA) is 49.4 Å². The molecule has 0 saturated carbocycles. The van der Waals surface area contributed by atoms with Crippen LogP contribution in [0.5, 0.6) is 0 Å². The standard InChI is InChI=1S/C26H26N2O2/c29-25-15-8-18-28(25)23-14-7-13-22(19-23)26(30)27-17-16-24(20-9-3-1-4-10-20)21-11-5-2-6-12-21/h1-7,9-14,19,24H,8,15-18H2,(H,27,30). The minimum Gasteiger partial charge on any atom is -0.352 e. The molecule has 2 amide bonds. The zero-order valence-corrected chi connectivity index (χ0v) is 17.0. The van der Waals surface area contributed by atoms with E-state index in [0.717, 1.165) is 25.1 Å². The third kappa shape index (κ3) is 4.60. The van der Waals surface area contributed by atoms with Crippen molar-refractivity contribution in [1.82, 2.24) is 5.32 Å². The predicted octanol–water partition coefficient (Wildman–Crippen LogP) is 4.77. The first-order valence-corrected chi connectivity index (χ1v) is 10.5. The molecule has 1 saturated heterocycles. The van der Waals surface area contributed by atoms with Gasteiger partial charge in [0.25, 0.3) is 5.91 Å². The molecule has 0 radical (unpaired) electrons. The number of carbonyl (C=O) groups is 2. The van der Waals surface area contributed by atoms with Crippen molar-refractivity contribution in [2.45, 2.75) is 25.2 Å². The fourth-order valence-electron chi connectivity index (χ4n) is 4.06. The van der Waals surface area contributed by atoms with Crippen LogP contribution in [-0.2, 0) is 4.79 Å². The minimum absolute atomic E-state index is 0.108. The van der Waals surface area contributed by atoms with Crippen LogP contribution in [0.1, 0.15) is 46.7 Å². The molecule has 3 aromatic carbocycles. The molecule has 1 aliphatic rings. The Labute approximate surface area is 177 Å². The normalized spacial score (nSPS) is 13.6. The van der Waals surface area contributed by atoms with Gasteiger partial charge in [0.05, 0.1) is 0 Å². The molecule has 0 bridgehead atoms. The lowest BCUT2D eigenvalue weighted by Gasteiger charge is -2.19. The summed E-state index contributed by atoms with van der Waals surface area (Å²) in [6, 6.07) is 28.1. The van der Waals surface area contributed by atoms with Gasteiger partial charge in [-0.05, 0) is 42.2 Å². The molecule has 4 rings (SSSR count). The average Bonchev–Trinajstić information content (AvgIpc) is 3.24. The molecular formula is C26H26N2O2. The van der Waals surface area contributed by atoms with Crippen molar-refractivity contribution in [3.05, 3.63) is 102 Å². The van der Waals surface area contributed by atoms with Crippen LogP contribution in [0.3, 0.4) is 0 Å². The van der Waals surface area contributed by atoms with Crippen molar-refractivity contribution >= 4 is 17.5 Å². The number of hydrogen-bond acceptors (Lipinski definition) is 2. The molecule has 1 fully saturated rings. The highest BCUT2D eigenvalue weighted by molar-refractivity contribution is 5.99. The van der Waals surface area contributed by atoms with E-state index in [4.69, 9.17) is 0 Å². The van der Waals surface area contributed by atoms with E-state index in [1.54, 1.807) is 11.0 Å². The van der Waals surface area contributed by atoms with Gasteiger partial charge in [-0.25, -0.2) is 0 Å². The van der Waals surface area contributed by atoms with Crippen LogP contribution in [0.25, 0.3) is 0 Å². The Bertz CT molecular complexity index is 962. The zero-order chi connectivity index (χ0) is 20.8. The Kier molecular flexibility index (Phi) is 6.23. The number of carbonyl (C=O) groups excluding carboxylic acids is 2. The number of rotatable bonds is 7. The molecule has 1 aliphatic heterocycles. The molecule has 4 nitrogen and oxygen atoms in total. The minimum atomic E-state index is -0.108. The third-order valence-electron chi connectivity index (χ3n) is 5.62. The number of nitrogens with zero attached hydrogens (tertiary/aromatic N) is 1. The summed E-state index contributed by atoms with van der Waals surface area (Å²) in [5.41, 5.74) is 3.87. The van der Waals surface area contributed by atoms with Gasteiger partial charge in [-0.1, -0.05) is 66.7 Å². The average molecular weight is 399 g/mol. The second-order valence-electron chi connectivity index (χ2n) is 7.62. The van der Waals surface area contributed by atoms with Crippen LogP contribution in [0.4, 0.5) is 5.69 Å². The van der Waals surface area contributed by atoms with Gasteiger partial charge in [-0.15, -0.1) is 0 Å². The van der Waals surface area contributed by atoms with Crippen LogP contribution in [-0.4, -0.2) is 24.9 Å². The summed E-state index contributed by atoms with van der Waals surface area (Å²) >= 11 is 0. The number of hydrogen-bond donors (Lipinski definition) is 1. The van der Waals surface area contributed by atoms with Crippen molar-refractivity contribution in [3.63, 3.8) is 0 Å². The second-order valence-corrected chi connectivity index (χ2v) is 7.62. The summed E-state index contributed by atoms with van der Waals surface area (Å²) in [6.07, 6.45) is 2.26. The lowest BCUT2D eigenvalue weighted by molar-refractivity contribution is -0.117. The summed E-state index contributed by atoms with van der Waals surface area (Å²) < 4.78 is 0. The Morgan fingerprint density at radius 1 is 0.900 bits per heavy atom. The fourth-order valence-corrected chi connectivity index (χ4v) is 4.06. The summed E-state index contributed by atoms with van der Waals surface area (Å²) in [7, 11) is 0. The highest BCUT2D eigenvalue weighted by atomic mass is 16.2. The first-order chi connectivity index (χ1) is 14.7. The van der Waals surface area contributed by atoms with Crippen LogP contribution >= 0.6 is 0 Å². The van der Waals surface area contributed by atoms with Gasteiger partial charge in [0.15, 0.2) is 0 Å². The maximum absolute atomic E-state index is 12.7. The molecule has 0 aliphatic carbocycles. The van der Waals surface area contributed by atoms with Crippen LogP contribution in [0.15, 0.2) is 84.9 Å². The van der Waals surface area contributed by atoms with E-state index in [1.807, 2.05) is 30.3 Å². The van der Waals surface area contributed by atoms with Crippen molar-refractivity contribution in [2.24, 2.45) is 0 Å². The van der Waals surface area contributed by atoms with E-state index < -0.39 is 0 Å². The Morgan fingerprint density at radius 2 is 1.57 bits per heavy atom.